The van der Waals surface area contributed by atoms with Crippen molar-refractivity contribution >= 4 is 22.6 Å². The van der Waals surface area contributed by atoms with E-state index >= 15 is 0 Å². The number of amides is 1. The molecule has 0 saturated heterocycles. The van der Waals surface area contributed by atoms with E-state index in [0.717, 1.165) is 11.1 Å². The minimum absolute atomic E-state index is 0.239. The number of carbonyl (C=O) groups excluding carboxylic acids is 1. The van der Waals surface area contributed by atoms with Gasteiger partial charge in [0.25, 0.3) is 5.91 Å². The van der Waals surface area contributed by atoms with Gasteiger partial charge in [-0.3, -0.25) is 9.78 Å². The third kappa shape index (κ3) is 3.04. The number of hydrogen-bond acceptors (Lipinski definition) is 3. The van der Waals surface area contributed by atoms with Gasteiger partial charge in [0.15, 0.2) is 5.76 Å². The van der Waals surface area contributed by atoms with E-state index < -0.39 is 0 Å². The van der Waals surface area contributed by atoms with Gasteiger partial charge in [-0.05, 0) is 48.6 Å². The highest BCUT2D eigenvalue weighted by Gasteiger charge is 2.16. The Morgan fingerprint density at radius 3 is 2.62 bits per heavy atom. The molecule has 1 aromatic carbocycles. The fourth-order valence-electron chi connectivity index (χ4n) is 3.46. The standard InChI is InChI=1S/C20H20N2O2/c23-20(19-12-16-13-21-11-10-18(16)24-19)22-17-8-6-15(7-9-17)14-4-2-1-3-5-14/h6-14H,1-5H2,(H,22,23). The van der Waals surface area contributed by atoms with Gasteiger partial charge in [-0.15, -0.1) is 0 Å². The second-order valence-corrected chi connectivity index (χ2v) is 6.44. The van der Waals surface area contributed by atoms with Gasteiger partial charge in [0.2, 0.25) is 0 Å². The number of anilines is 1. The second-order valence-electron chi connectivity index (χ2n) is 6.44. The van der Waals surface area contributed by atoms with Crippen LogP contribution in [0.3, 0.4) is 0 Å². The number of pyridine rings is 1. The first-order valence-corrected chi connectivity index (χ1v) is 8.54. The van der Waals surface area contributed by atoms with E-state index in [1.807, 2.05) is 12.1 Å². The van der Waals surface area contributed by atoms with Gasteiger partial charge in [-0.1, -0.05) is 31.4 Å². The minimum atomic E-state index is -0.239. The molecular formula is C20H20N2O2. The van der Waals surface area contributed by atoms with E-state index in [1.54, 1.807) is 24.5 Å². The van der Waals surface area contributed by atoms with Crippen molar-refractivity contribution < 1.29 is 9.21 Å². The number of nitrogens with zero attached hydrogens (tertiary/aromatic N) is 1. The van der Waals surface area contributed by atoms with Crippen molar-refractivity contribution in [1.82, 2.24) is 4.98 Å². The molecule has 0 radical (unpaired) electrons. The number of hydrogen-bond donors (Lipinski definition) is 1. The fourth-order valence-corrected chi connectivity index (χ4v) is 3.46. The first-order valence-electron chi connectivity index (χ1n) is 8.54. The summed E-state index contributed by atoms with van der Waals surface area (Å²) in [5.74, 6) is 0.734. The number of furan rings is 1. The molecule has 4 rings (SSSR count). The van der Waals surface area contributed by atoms with E-state index in [4.69, 9.17) is 4.42 Å². The van der Waals surface area contributed by atoms with Crippen LogP contribution in [0.15, 0.2) is 53.2 Å². The maximum atomic E-state index is 12.3. The third-order valence-corrected chi connectivity index (χ3v) is 4.79. The average Bonchev–Trinajstić information content (AvgIpc) is 3.07. The van der Waals surface area contributed by atoms with Crippen molar-refractivity contribution in [3.8, 4) is 0 Å². The smallest absolute Gasteiger partial charge is 0.291 e. The van der Waals surface area contributed by atoms with Gasteiger partial charge in [0.05, 0.1) is 0 Å². The number of carbonyl (C=O) groups is 1. The zero-order chi connectivity index (χ0) is 16.4. The summed E-state index contributed by atoms with van der Waals surface area (Å²) >= 11 is 0. The Bertz CT molecular complexity index is 812. The molecule has 0 unspecified atom stereocenters. The summed E-state index contributed by atoms with van der Waals surface area (Å²) in [5, 5.41) is 3.73. The number of benzene rings is 1. The maximum absolute atomic E-state index is 12.3. The molecule has 1 saturated carbocycles. The molecule has 0 spiro atoms. The molecule has 122 valence electrons. The first-order chi connectivity index (χ1) is 11.8. The van der Waals surface area contributed by atoms with Crippen molar-refractivity contribution in [2.75, 3.05) is 5.32 Å². The molecule has 1 aliphatic rings. The van der Waals surface area contributed by atoms with Gasteiger partial charge < -0.3 is 9.73 Å². The lowest BCUT2D eigenvalue weighted by Crippen LogP contribution is -2.11. The van der Waals surface area contributed by atoms with Gasteiger partial charge >= 0.3 is 0 Å². The second kappa shape index (κ2) is 6.48. The van der Waals surface area contributed by atoms with Crippen LogP contribution in [0.5, 0.6) is 0 Å². The summed E-state index contributed by atoms with van der Waals surface area (Å²) in [5.41, 5.74) is 2.84. The SMILES string of the molecule is O=C(Nc1ccc(C2CCCCC2)cc1)c1cc2cnccc2o1. The molecule has 1 aliphatic carbocycles. The van der Waals surface area contributed by atoms with Crippen LogP contribution in [0.25, 0.3) is 11.0 Å². The maximum Gasteiger partial charge on any atom is 0.291 e. The predicted molar refractivity (Wildman–Crippen MR) is 94.2 cm³/mol. The largest absolute Gasteiger partial charge is 0.451 e. The fraction of sp³-hybridized carbons (Fsp3) is 0.300. The number of aromatic nitrogens is 1. The molecule has 0 atom stereocenters. The average molecular weight is 320 g/mol. The highest BCUT2D eigenvalue weighted by Crippen LogP contribution is 2.33. The van der Waals surface area contributed by atoms with Crippen LogP contribution in [-0.2, 0) is 0 Å². The molecular weight excluding hydrogens is 300 g/mol. The predicted octanol–water partition coefficient (Wildman–Crippen LogP) is 5.13. The summed E-state index contributed by atoms with van der Waals surface area (Å²) < 4.78 is 5.57. The van der Waals surface area contributed by atoms with Crippen molar-refractivity contribution in [1.29, 1.82) is 0 Å². The molecule has 0 aliphatic heterocycles. The van der Waals surface area contributed by atoms with Gasteiger partial charge in [-0.2, -0.15) is 0 Å². The van der Waals surface area contributed by atoms with E-state index in [9.17, 15) is 4.79 Å². The first kappa shape index (κ1) is 14.9. The zero-order valence-electron chi connectivity index (χ0n) is 13.5. The Balaban J connectivity index is 1.47. The minimum Gasteiger partial charge on any atom is -0.451 e. The monoisotopic (exact) mass is 320 g/mol. The van der Waals surface area contributed by atoms with Gasteiger partial charge in [0, 0.05) is 23.5 Å². The summed E-state index contributed by atoms with van der Waals surface area (Å²) in [6, 6.07) is 11.7. The molecule has 1 fully saturated rings. The molecule has 0 bridgehead atoms. The topological polar surface area (TPSA) is 55.1 Å². The Hall–Kier alpha value is -2.62. The molecule has 1 N–H and O–H groups in total. The van der Waals surface area contributed by atoms with Crippen LogP contribution in [0.2, 0.25) is 0 Å². The van der Waals surface area contributed by atoms with Crippen LogP contribution in [0, 0.1) is 0 Å². The lowest BCUT2D eigenvalue weighted by atomic mass is 9.84. The van der Waals surface area contributed by atoms with Crippen LogP contribution in [0.1, 0.15) is 54.1 Å². The van der Waals surface area contributed by atoms with E-state index in [0.29, 0.717) is 17.3 Å². The Morgan fingerprint density at radius 1 is 1.08 bits per heavy atom. The van der Waals surface area contributed by atoms with Crippen LogP contribution < -0.4 is 5.32 Å². The van der Waals surface area contributed by atoms with Crippen LogP contribution >= 0.6 is 0 Å². The van der Waals surface area contributed by atoms with Crippen LogP contribution in [-0.4, -0.2) is 10.9 Å². The van der Waals surface area contributed by atoms with E-state index in [-0.39, 0.29) is 5.91 Å². The molecule has 3 aromatic rings. The van der Waals surface area contributed by atoms with Crippen molar-refractivity contribution in [2.24, 2.45) is 0 Å². The highest BCUT2D eigenvalue weighted by atomic mass is 16.3. The summed E-state index contributed by atoms with van der Waals surface area (Å²) in [6.07, 6.45) is 9.90. The zero-order valence-corrected chi connectivity index (χ0v) is 13.5. The lowest BCUT2D eigenvalue weighted by Gasteiger charge is -2.22. The molecule has 4 nitrogen and oxygen atoms in total. The van der Waals surface area contributed by atoms with Crippen molar-refractivity contribution in [3.05, 3.63) is 60.1 Å². The van der Waals surface area contributed by atoms with Gasteiger partial charge in [-0.25, -0.2) is 0 Å². The Kier molecular flexibility index (Phi) is 4.03. The summed E-state index contributed by atoms with van der Waals surface area (Å²) in [7, 11) is 0. The summed E-state index contributed by atoms with van der Waals surface area (Å²) in [4.78, 5) is 16.4. The van der Waals surface area contributed by atoms with Crippen molar-refractivity contribution in [3.63, 3.8) is 0 Å². The normalized spacial score (nSPS) is 15.5. The van der Waals surface area contributed by atoms with Gasteiger partial charge in [0.1, 0.15) is 5.58 Å². The van der Waals surface area contributed by atoms with Crippen molar-refractivity contribution in [2.45, 2.75) is 38.0 Å². The highest BCUT2D eigenvalue weighted by molar-refractivity contribution is 6.04. The number of rotatable bonds is 3. The molecule has 2 aromatic heterocycles. The number of nitrogens with one attached hydrogen (secondary N) is 1. The molecule has 1 amide bonds. The molecule has 4 heteroatoms. The molecule has 24 heavy (non-hydrogen) atoms. The number of fused-ring (bicyclic) bond motifs is 1. The van der Waals surface area contributed by atoms with E-state index in [1.165, 1.54) is 37.7 Å². The lowest BCUT2D eigenvalue weighted by molar-refractivity contribution is 0.0998. The summed E-state index contributed by atoms with van der Waals surface area (Å²) in [6.45, 7) is 0. The quantitative estimate of drug-likeness (QED) is 0.728. The Morgan fingerprint density at radius 2 is 1.88 bits per heavy atom. The molecule has 2 heterocycles. The third-order valence-electron chi connectivity index (χ3n) is 4.79. The van der Waals surface area contributed by atoms with E-state index in [2.05, 4.69) is 22.4 Å². The van der Waals surface area contributed by atoms with Crippen LogP contribution in [0.4, 0.5) is 5.69 Å². The Labute approximate surface area is 140 Å².